The van der Waals surface area contributed by atoms with Crippen molar-refractivity contribution in [3.05, 3.63) is 0 Å². The molecule has 26 valence electrons. The molecule has 0 aromatic heterocycles. The zero-order valence-electron chi connectivity index (χ0n) is 2.33. The lowest BCUT2D eigenvalue weighted by atomic mass is 11.9. The van der Waals surface area contributed by atoms with Crippen LogP contribution in [0.1, 0.15) is 0 Å². The van der Waals surface area contributed by atoms with Crippen molar-refractivity contribution in [1.82, 2.24) is 0 Å². The van der Waals surface area contributed by atoms with Gasteiger partial charge in [0.25, 0.3) is 0 Å². The van der Waals surface area contributed by atoms with Crippen molar-refractivity contribution in [3.63, 3.8) is 0 Å². The fraction of sp³-hybridized carbons (Fsp3) is 1.00. The summed E-state index contributed by atoms with van der Waals surface area (Å²) in [6, 6.07) is 0. The Labute approximate surface area is 25.4 Å². The summed E-state index contributed by atoms with van der Waals surface area (Å²) in [6.07, 6.45) is 0. The standard InChI is InChI=1S/CH4F2Si/c1-4(2)3/h4H,1H3. The predicted molar refractivity (Wildman–Crippen MR) is 15.2 cm³/mol. The zero-order chi connectivity index (χ0) is 3.58. The molecule has 0 aliphatic heterocycles. The van der Waals surface area contributed by atoms with Gasteiger partial charge in [0, 0.05) is 0 Å². The van der Waals surface area contributed by atoms with Crippen LogP contribution in [0, 0.1) is 0 Å². The van der Waals surface area contributed by atoms with E-state index in [1.807, 2.05) is 0 Å². The van der Waals surface area contributed by atoms with E-state index in [1.54, 1.807) is 0 Å². The summed E-state index contributed by atoms with van der Waals surface area (Å²) >= 11 is 0. The quantitative estimate of drug-likeness (QED) is 0.299. The molecule has 0 amide bonds. The molecule has 0 radical (unpaired) electrons. The van der Waals surface area contributed by atoms with Gasteiger partial charge in [0.1, 0.15) is 0 Å². The molecule has 0 aliphatic carbocycles. The molecule has 0 saturated carbocycles. The van der Waals surface area contributed by atoms with Gasteiger partial charge in [-0.1, -0.05) is 0 Å². The summed E-state index contributed by atoms with van der Waals surface area (Å²) in [6.45, 7) is 0.972. The summed E-state index contributed by atoms with van der Waals surface area (Å²) in [4.78, 5) is 0. The highest BCUT2D eigenvalue weighted by molar-refractivity contribution is 6.40. The monoisotopic (exact) mass is 82.0 g/mol. The predicted octanol–water partition coefficient (Wildman–Crippen LogP) is 0.776. The van der Waals surface area contributed by atoms with E-state index in [0.717, 1.165) is 6.55 Å². The molecule has 0 N–H and O–H groups in total. The van der Waals surface area contributed by atoms with E-state index in [-0.39, 0.29) is 0 Å². The molecule has 0 heterocycles. The van der Waals surface area contributed by atoms with Crippen LogP contribution in [0.25, 0.3) is 0 Å². The van der Waals surface area contributed by atoms with Gasteiger partial charge >= 0.3 is 9.46 Å². The average Bonchev–Trinajstić information content (AvgIpc) is 0.811. The van der Waals surface area contributed by atoms with Crippen LogP contribution in [-0.4, -0.2) is 9.46 Å². The molecule has 0 unspecified atom stereocenters. The Morgan fingerprint density at radius 3 is 1.50 bits per heavy atom. The fourth-order valence-electron chi connectivity index (χ4n) is 0. The van der Waals surface area contributed by atoms with Crippen LogP contribution >= 0.6 is 0 Å². The molecular weight excluding hydrogens is 78.1 g/mol. The van der Waals surface area contributed by atoms with Gasteiger partial charge in [0.15, 0.2) is 0 Å². The van der Waals surface area contributed by atoms with E-state index in [9.17, 15) is 8.22 Å². The highest BCUT2D eigenvalue weighted by Crippen LogP contribution is 1.76. The first kappa shape index (κ1) is 4.08. The Kier molecular flexibility index (Phi) is 1.43. The van der Waals surface area contributed by atoms with Gasteiger partial charge in [0.2, 0.25) is 0 Å². The summed E-state index contributed by atoms with van der Waals surface area (Å²) in [5.74, 6) is 0. The van der Waals surface area contributed by atoms with E-state index in [1.165, 1.54) is 0 Å². The maximum Gasteiger partial charge on any atom is 0.408 e. The molecule has 0 aliphatic rings. The van der Waals surface area contributed by atoms with Crippen molar-refractivity contribution in [2.24, 2.45) is 0 Å². The summed E-state index contributed by atoms with van der Waals surface area (Å²) in [5, 5.41) is 0. The third-order valence-electron chi connectivity index (χ3n) is 0. The molecule has 0 aromatic rings. The lowest BCUT2D eigenvalue weighted by molar-refractivity contribution is 0.673. The first-order chi connectivity index (χ1) is 1.73. The van der Waals surface area contributed by atoms with Gasteiger partial charge in [-0.25, -0.2) is 0 Å². The van der Waals surface area contributed by atoms with Gasteiger partial charge in [-0.2, -0.15) is 0 Å². The van der Waals surface area contributed by atoms with Gasteiger partial charge < -0.3 is 0 Å². The van der Waals surface area contributed by atoms with Crippen LogP contribution in [0.3, 0.4) is 0 Å². The Morgan fingerprint density at radius 2 is 1.50 bits per heavy atom. The molecule has 4 heavy (non-hydrogen) atoms. The molecule has 0 aromatic carbocycles. The second-order valence-electron chi connectivity index (χ2n) is 0.519. The van der Waals surface area contributed by atoms with Crippen molar-refractivity contribution in [2.45, 2.75) is 6.55 Å². The lowest BCUT2D eigenvalue weighted by Crippen LogP contribution is -1.79. The Hall–Kier alpha value is 0.0769. The fourth-order valence-corrected chi connectivity index (χ4v) is 0. The highest BCUT2D eigenvalue weighted by atomic mass is 28.4. The minimum Gasteiger partial charge on any atom is -0.275 e. The largest absolute Gasteiger partial charge is 0.408 e. The van der Waals surface area contributed by atoms with Crippen molar-refractivity contribution < 1.29 is 8.22 Å². The Bertz CT molecular complexity index is 10.8. The number of halogens is 2. The molecule has 0 fully saturated rings. The smallest absolute Gasteiger partial charge is 0.275 e. The minimum atomic E-state index is -3.14. The van der Waals surface area contributed by atoms with E-state index in [4.69, 9.17) is 0 Å². The van der Waals surface area contributed by atoms with Gasteiger partial charge in [-0.15, -0.1) is 0 Å². The number of hydrogen-bond donors (Lipinski definition) is 0. The lowest BCUT2D eigenvalue weighted by Gasteiger charge is -1.65. The molecule has 0 atom stereocenters. The SMILES string of the molecule is C[SiH](F)F. The van der Waals surface area contributed by atoms with Crippen molar-refractivity contribution in [3.8, 4) is 0 Å². The third kappa shape index (κ3) is 407. The first-order valence-corrected chi connectivity index (χ1v) is 3.04. The maximum absolute atomic E-state index is 10.5. The van der Waals surface area contributed by atoms with E-state index >= 15 is 0 Å². The molecular formula is CH4F2Si. The van der Waals surface area contributed by atoms with E-state index in [2.05, 4.69) is 0 Å². The molecule has 3 heteroatoms. The van der Waals surface area contributed by atoms with Crippen LogP contribution in [0.15, 0.2) is 0 Å². The molecule has 0 rings (SSSR count). The molecule has 0 bridgehead atoms. The average molecular weight is 82.1 g/mol. The molecule has 0 saturated heterocycles. The van der Waals surface area contributed by atoms with E-state index in [0.29, 0.717) is 0 Å². The van der Waals surface area contributed by atoms with E-state index < -0.39 is 9.46 Å². The molecule has 0 spiro atoms. The Balaban J connectivity index is 2.32. The molecule has 0 nitrogen and oxygen atoms in total. The zero-order valence-corrected chi connectivity index (χ0v) is 3.49. The summed E-state index contributed by atoms with van der Waals surface area (Å²) in [5.41, 5.74) is 0. The van der Waals surface area contributed by atoms with Crippen LogP contribution in [0.4, 0.5) is 8.22 Å². The topological polar surface area (TPSA) is 0 Å². The summed E-state index contributed by atoms with van der Waals surface area (Å²) in [7, 11) is -3.14. The van der Waals surface area contributed by atoms with Crippen LogP contribution in [-0.2, 0) is 0 Å². The van der Waals surface area contributed by atoms with Gasteiger partial charge in [0.05, 0.1) is 0 Å². The number of rotatable bonds is 0. The minimum absolute atomic E-state index is 0.972. The number of hydrogen-bond acceptors (Lipinski definition) is 0. The summed E-state index contributed by atoms with van der Waals surface area (Å²) < 4.78 is 20.9. The normalized spacial score (nSPS) is 9.00. The highest BCUT2D eigenvalue weighted by Gasteiger charge is 1.87. The van der Waals surface area contributed by atoms with Gasteiger partial charge in [-0.05, 0) is 6.55 Å². The van der Waals surface area contributed by atoms with Crippen molar-refractivity contribution in [1.29, 1.82) is 0 Å². The first-order valence-electron chi connectivity index (χ1n) is 1.01. The Morgan fingerprint density at radius 1 is 1.50 bits per heavy atom. The van der Waals surface area contributed by atoms with Gasteiger partial charge in [-0.3, -0.25) is 8.22 Å². The third-order valence-corrected chi connectivity index (χ3v) is 0. The maximum atomic E-state index is 10.5. The second kappa shape index (κ2) is 1.40. The van der Waals surface area contributed by atoms with Crippen LogP contribution in [0.5, 0.6) is 0 Å². The van der Waals surface area contributed by atoms with Crippen LogP contribution in [0.2, 0.25) is 6.55 Å². The second-order valence-corrected chi connectivity index (χ2v) is 1.56. The van der Waals surface area contributed by atoms with Crippen molar-refractivity contribution >= 4 is 9.46 Å². The van der Waals surface area contributed by atoms with Crippen LogP contribution < -0.4 is 0 Å². The van der Waals surface area contributed by atoms with Crippen molar-refractivity contribution in [2.75, 3.05) is 0 Å².